The number of alkyl carbamates (subject to hydrolysis) is 1. The highest BCUT2D eigenvalue weighted by Crippen LogP contribution is 2.35. The second-order valence-corrected chi connectivity index (χ2v) is 14.4. The number of benzene rings is 2. The van der Waals surface area contributed by atoms with Crippen LogP contribution in [0.15, 0.2) is 73.3 Å². The lowest BCUT2D eigenvalue weighted by Gasteiger charge is -2.27. The van der Waals surface area contributed by atoms with E-state index in [1.807, 2.05) is 48.5 Å². The summed E-state index contributed by atoms with van der Waals surface area (Å²) in [5.74, 6) is 0.709. The third-order valence-corrected chi connectivity index (χ3v) is 10.8. The van der Waals surface area contributed by atoms with Crippen LogP contribution in [-0.2, 0) is 27.2 Å². The molecule has 6 aromatic rings. The Balaban J connectivity index is 0.912. The first-order valence-electron chi connectivity index (χ1n) is 19.2. The zero-order valence-electron chi connectivity index (χ0n) is 32.0. The molecule has 0 aliphatic carbocycles. The van der Waals surface area contributed by atoms with Crippen molar-refractivity contribution in [3.8, 4) is 33.6 Å². The van der Waals surface area contributed by atoms with E-state index in [0.717, 1.165) is 52.9 Å². The van der Waals surface area contributed by atoms with Crippen molar-refractivity contribution in [2.45, 2.75) is 62.7 Å². The maximum Gasteiger partial charge on any atom is 0.407 e. The first-order valence-corrected chi connectivity index (χ1v) is 19.2. The van der Waals surface area contributed by atoms with Gasteiger partial charge in [-0.2, -0.15) is 0 Å². The number of ether oxygens (including phenoxy) is 1. The molecule has 20 nitrogen and oxygen atoms in total. The van der Waals surface area contributed by atoms with Crippen LogP contribution in [0.2, 0.25) is 0 Å². The summed E-state index contributed by atoms with van der Waals surface area (Å²) in [5, 5.41) is 34.9. The number of aromatic nitrogens is 10. The van der Waals surface area contributed by atoms with Gasteiger partial charge in [-0.3, -0.25) is 19.8 Å². The second kappa shape index (κ2) is 17.0. The summed E-state index contributed by atoms with van der Waals surface area (Å²) >= 11 is 0. The van der Waals surface area contributed by atoms with Crippen LogP contribution in [0, 0.1) is 0 Å². The number of nitrogens with zero attached hydrogens (tertiary/aromatic N) is 8. The number of hydrogen-bond acceptors (Lipinski definition) is 11. The molecule has 0 bridgehead atoms. The van der Waals surface area contributed by atoms with Crippen LogP contribution >= 0.6 is 0 Å². The summed E-state index contributed by atoms with van der Waals surface area (Å²) < 4.78 is 4.77. The SMILES string of the molecule is COC(=O)N[C@@H](Cc1c[nH]nn1)C(=O)N1CCC[C@H]1c1ncc(-c2ccc(-c3ccc(-c4cnc([C@@H]5CCCN5C(=O)[C@H](Cc5c[nH]nn5)NC(=O)O)[nH]4)cc3)cc2)[nH]1. The number of hydrogen-bond donors (Lipinski definition) is 7. The molecule has 304 valence electrons. The Bertz CT molecular complexity index is 2380. The van der Waals surface area contributed by atoms with Crippen LogP contribution in [0.5, 0.6) is 0 Å². The quantitative estimate of drug-likeness (QED) is 0.0884. The molecule has 20 heteroatoms. The summed E-state index contributed by atoms with van der Waals surface area (Å²) in [6, 6.07) is 13.7. The van der Waals surface area contributed by atoms with E-state index in [1.165, 1.54) is 13.3 Å². The molecule has 0 radical (unpaired) electrons. The molecule has 2 aliphatic heterocycles. The van der Waals surface area contributed by atoms with Crippen molar-refractivity contribution in [1.82, 2.24) is 71.2 Å². The average molecular weight is 803 g/mol. The van der Waals surface area contributed by atoms with Crippen molar-refractivity contribution in [1.29, 1.82) is 0 Å². The van der Waals surface area contributed by atoms with Gasteiger partial charge in [-0.1, -0.05) is 59.0 Å². The van der Waals surface area contributed by atoms with Crippen molar-refractivity contribution in [2.75, 3.05) is 20.2 Å². The molecule has 7 N–H and O–H groups in total. The molecule has 2 saturated heterocycles. The first kappa shape index (κ1) is 38.5. The number of methoxy groups -OCH3 is 1. The Hall–Kier alpha value is -7.38. The largest absolute Gasteiger partial charge is 0.465 e. The van der Waals surface area contributed by atoms with E-state index in [-0.39, 0.29) is 36.7 Å². The molecular weight excluding hydrogens is 761 g/mol. The maximum atomic E-state index is 13.8. The number of nitrogens with one attached hydrogen (secondary N) is 6. The minimum absolute atomic E-state index is 0.0730. The Morgan fingerprint density at radius 3 is 1.56 bits per heavy atom. The summed E-state index contributed by atoms with van der Waals surface area (Å²) in [7, 11) is 1.25. The van der Waals surface area contributed by atoms with Gasteiger partial charge in [0.05, 0.1) is 54.4 Å². The van der Waals surface area contributed by atoms with Crippen LogP contribution in [0.1, 0.15) is 60.8 Å². The molecule has 0 unspecified atom stereocenters. The number of carbonyl (C=O) groups is 4. The Morgan fingerprint density at radius 1 is 0.712 bits per heavy atom. The number of aromatic amines is 4. The number of carboxylic acid groups (broad SMARTS) is 1. The Morgan fingerprint density at radius 2 is 1.15 bits per heavy atom. The number of amides is 4. The van der Waals surface area contributed by atoms with Gasteiger partial charge in [-0.25, -0.2) is 19.6 Å². The molecule has 4 atom stereocenters. The Labute approximate surface area is 336 Å². The van der Waals surface area contributed by atoms with Gasteiger partial charge in [0.1, 0.15) is 23.7 Å². The van der Waals surface area contributed by atoms with Gasteiger partial charge in [-0.15, -0.1) is 10.2 Å². The van der Waals surface area contributed by atoms with Gasteiger partial charge in [0.15, 0.2) is 0 Å². The monoisotopic (exact) mass is 802 g/mol. The zero-order chi connectivity index (χ0) is 40.9. The molecule has 0 spiro atoms. The fourth-order valence-electron chi connectivity index (χ4n) is 7.84. The van der Waals surface area contributed by atoms with E-state index in [2.05, 4.69) is 61.4 Å². The van der Waals surface area contributed by atoms with Gasteiger partial charge in [-0.05, 0) is 47.9 Å². The van der Waals surface area contributed by atoms with Gasteiger partial charge in [0, 0.05) is 38.3 Å². The summed E-state index contributed by atoms with van der Waals surface area (Å²) in [5.41, 5.74) is 6.52. The topological polar surface area (TPSA) is 269 Å². The lowest BCUT2D eigenvalue weighted by molar-refractivity contribution is -0.135. The predicted octanol–water partition coefficient (Wildman–Crippen LogP) is 3.54. The Kier molecular flexibility index (Phi) is 11.1. The zero-order valence-corrected chi connectivity index (χ0v) is 32.0. The van der Waals surface area contributed by atoms with Crippen LogP contribution in [0.25, 0.3) is 33.6 Å². The van der Waals surface area contributed by atoms with E-state index in [0.29, 0.717) is 42.5 Å². The molecule has 2 fully saturated rings. The number of H-pyrrole nitrogens is 4. The standard InChI is InChI=1S/C39H42N14O6/c1-59-39(58)47-29(17-27-19-43-51-49-27)37(55)53-15-3-5-33(53)35-41-21-31(45-35)25-12-8-23(9-13-25)22-6-10-24(11-7-22)30-20-40-34(44-30)32-4-2-14-52(32)36(54)28(46-38(56)57)16-26-18-42-50-48-26/h6-13,18-21,28-29,32-33,46H,2-5,14-17H2,1H3,(H,40,44)(H,41,45)(H,47,58)(H,56,57)(H,42,48,50)(H,43,49,51)/t28-,29-,32-,33-/m0/s1. The molecule has 4 amide bonds. The summed E-state index contributed by atoms with van der Waals surface area (Å²) in [4.78, 5) is 70.5. The van der Waals surface area contributed by atoms with Crippen molar-refractivity contribution in [2.24, 2.45) is 0 Å². The van der Waals surface area contributed by atoms with Crippen LogP contribution in [-0.4, -0.2) is 122 Å². The molecule has 2 aromatic carbocycles. The third kappa shape index (κ3) is 8.50. The highest BCUT2D eigenvalue weighted by Gasteiger charge is 2.38. The third-order valence-electron chi connectivity index (χ3n) is 10.8. The van der Waals surface area contributed by atoms with Crippen LogP contribution < -0.4 is 10.6 Å². The fraction of sp³-hybridized carbons (Fsp3) is 0.333. The molecule has 0 saturated carbocycles. The predicted molar refractivity (Wildman–Crippen MR) is 209 cm³/mol. The van der Waals surface area contributed by atoms with Gasteiger partial charge >= 0.3 is 12.2 Å². The van der Waals surface area contributed by atoms with E-state index >= 15 is 0 Å². The van der Waals surface area contributed by atoms with Crippen LogP contribution in [0.4, 0.5) is 9.59 Å². The first-order chi connectivity index (χ1) is 28.7. The van der Waals surface area contributed by atoms with E-state index in [1.54, 1.807) is 28.4 Å². The van der Waals surface area contributed by atoms with Crippen molar-refractivity contribution in [3.05, 3.63) is 96.4 Å². The average Bonchev–Trinajstić information content (AvgIpc) is 4.11. The maximum absolute atomic E-state index is 13.8. The molecule has 6 heterocycles. The van der Waals surface area contributed by atoms with Gasteiger partial charge in [0.25, 0.3) is 0 Å². The molecule has 2 aliphatic rings. The lowest BCUT2D eigenvalue weighted by Crippen LogP contribution is -2.49. The number of rotatable bonds is 13. The number of likely N-dealkylation sites (tertiary alicyclic amines) is 2. The second-order valence-electron chi connectivity index (χ2n) is 14.4. The van der Waals surface area contributed by atoms with Crippen molar-refractivity contribution in [3.63, 3.8) is 0 Å². The van der Waals surface area contributed by atoms with Gasteiger partial charge in [0.2, 0.25) is 11.8 Å². The summed E-state index contributed by atoms with van der Waals surface area (Å²) in [6.45, 7) is 1.00. The molecule has 59 heavy (non-hydrogen) atoms. The number of imidazole rings is 2. The highest BCUT2D eigenvalue weighted by atomic mass is 16.5. The van der Waals surface area contributed by atoms with E-state index in [4.69, 9.17) is 4.74 Å². The van der Waals surface area contributed by atoms with E-state index < -0.39 is 24.3 Å². The minimum Gasteiger partial charge on any atom is -0.465 e. The molecule has 4 aromatic heterocycles. The molecule has 8 rings (SSSR count). The van der Waals surface area contributed by atoms with Crippen molar-refractivity contribution >= 4 is 24.0 Å². The fourth-order valence-corrected chi connectivity index (χ4v) is 7.84. The van der Waals surface area contributed by atoms with E-state index in [9.17, 15) is 24.3 Å². The smallest absolute Gasteiger partial charge is 0.407 e. The normalized spacial score (nSPS) is 17.4. The highest BCUT2D eigenvalue weighted by molar-refractivity contribution is 5.87. The summed E-state index contributed by atoms with van der Waals surface area (Å²) in [6.07, 6.45) is 7.83. The van der Waals surface area contributed by atoms with Crippen molar-refractivity contribution < 1.29 is 29.0 Å². The lowest BCUT2D eigenvalue weighted by atomic mass is 10.0. The van der Waals surface area contributed by atoms with Gasteiger partial charge < -0.3 is 40.2 Å². The molecular formula is C39H42N14O6. The number of carbonyl (C=O) groups excluding carboxylic acids is 3. The van der Waals surface area contributed by atoms with Crippen LogP contribution in [0.3, 0.4) is 0 Å². The minimum atomic E-state index is -1.29.